The molecule has 0 spiro atoms. The quantitative estimate of drug-likeness (QED) is 0.698. The zero-order valence-electron chi connectivity index (χ0n) is 14.3. The number of benzene rings is 2. The minimum absolute atomic E-state index is 0.0471. The van der Waals surface area contributed by atoms with Crippen molar-refractivity contribution in [1.29, 1.82) is 0 Å². The first-order valence-electron chi connectivity index (χ1n) is 8.51. The van der Waals surface area contributed by atoms with Crippen molar-refractivity contribution in [2.75, 3.05) is 13.2 Å². The number of hydrogen-bond donors (Lipinski definition) is 1. The highest BCUT2D eigenvalue weighted by Gasteiger charge is 2.17. The van der Waals surface area contributed by atoms with Crippen LogP contribution in [-0.2, 0) is 6.54 Å². The van der Waals surface area contributed by atoms with Crippen LogP contribution in [0.25, 0.3) is 11.0 Å². The van der Waals surface area contributed by atoms with Gasteiger partial charge in [-0.1, -0.05) is 29.8 Å². The molecule has 1 aromatic heterocycles. The lowest BCUT2D eigenvalue weighted by Crippen LogP contribution is -2.27. The molecule has 0 bridgehead atoms. The van der Waals surface area contributed by atoms with E-state index in [-0.39, 0.29) is 12.1 Å². The van der Waals surface area contributed by atoms with Gasteiger partial charge in [-0.25, -0.2) is 4.79 Å². The molecule has 0 radical (unpaired) electrons. The van der Waals surface area contributed by atoms with Crippen LogP contribution in [0.2, 0.25) is 5.02 Å². The molecule has 1 amide bonds. The van der Waals surface area contributed by atoms with Crippen molar-refractivity contribution in [1.82, 2.24) is 5.32 Å². The minimum atomic E-state index is -0.678. The van der Waals surface area contributed by atoms with Gasteiger partial charge in [0.2, 0.25) is 0 Å². The van der Waals surface area contributed by atoms with Crippen LogP contribution in [0.15, 0.2) is 51.7 Å². The van der Waals surface area contributed by atoms with Gasteiger partial charge in [0.25, 0.3) is 5.91 Å². The smallest absolute Gasteiger partial charge is 0.349 e. The lowest BCUT2D eigenvalue weighted by molar-refractivity contribution is 0.0947. The first-order chi connectivity index (χ1) is 13.1. The summed E-state index contributed by atoms with van der Waals surface area (Å²) in [6.07, 6.45) is 0.773. The molecule has 138 valence electrons. The molecule has 4 rings (SSSR count). The van der Waals surface area contributed by atoms with Crippen molar-refractivity contribution < 1.29 is 18.7 Å². The van der Waals surface area contributed by atoms with Crippen LogP contribution in [0.4, 0.5) is 0 Å². The molecule has 27 heavy (non-hydrogen) atoms. The SMILES string of the molecule is O=C(NCc1cc(Cl)c2c(c1)OCCCO2)c1cc2ccccc2oc1=O. The lowest BCUT2D eigenvalue weighted by atomic mass is 10.1. The number of halogens is 1. The fourth-order valence-electron chi connectivity index (χ4n) is 2.88. The molecule has 6 nitrogen and oxygen atoms in total. The summed E-state index contributed by atoms with van der Waals surface area (Å²) in [6.45, 7) is 1.26. The van der Waals surface area contributed by atoms with E-state index in [1.807, 2.05) is 6.07 Å². The van der Waals surface area contributed by atoms with Gasteiger partial charge in [-0.3, -0.25) is 4.79 Å². The molecule has 0 saturated carbocycles. The third-order valence-corrected chi connectivity index (χ3v) is 4.48. The van der Waals surface area contributed by atoms with E-state index in [9.17, 15) is 9.59 Å². The molecule has 2 aromatic carbocycles. The van der Waals surface area contributed by atoms with Gasteiger partial charge in [-0.15, -0.1) is 0 Å². The maximum absolute atomic E-state index is 12.5. The number of carbonyl (C=O) groups excluding carboxylic acids is 1. The number of ether oxygens (including phenoxy) is 2. The summed E-state index contributed by atoms with van der Waals surface area (Å²) in [6, 6.07) is 12.0. The van der Waals surface area contributed by atoms with Crippen LogP contribution in [0.5, 0.6) is 11.5 Å². The Balaban J connectivity index is 1.54. The summed E-state index contributed by atoms with van der Waals surface area (Å²) < 4.78 is 16.4. The van der Waals surface area contributed by atoms with E-state index in [1.165, 1.54) is 6.07 Å². The first kappa shape index (κ1) is 17.4. The number of para-hydroxylation sites is 1. The van der Waals surface area contributed by atoms with E-state index in [2.05, 4.69) is 5.32 Å². The van der Waals surface area contributed by atoms with Gasteiger partial charge in [0, 0.05) is 18.4 Å². The van der Waals surface area contributed by atoms with Crippen LogP contribution in [-0.4, -0.2) is 19.1 Å². The maximum Gasteiger partial charge on any atom is 0.349 e. The average Bonchev–Trinajstić information content (AvgIpc) is 2.91. The van der Waals surface area contributed by atoms with Crippen molar-refractivity contribution in [3.05, 3.63) is 69.0 Å². The van der Waals surface area contributed by atoms with E-state index < -0.39 is 11.5 Å². The number of carbonyl (C=O) groups is 1. The predicted octanol–water partition coefficient (Wildman–Crippen LogP) is 3.54. The second kappa shape index (κ2) is 7.32. The summed E-state index contributed by atoms with van der Waals surface area (Å²) in [5.41, 5.74) is 0.452. The maximum atomic E-state index is 12.5. The van der Waals surface area contributed by atoms with Crippen molar-refractivity contribution in [2.24, 2.45) is 0 Å². The standard InChI is InChI=1S/C20H16ClNO5/c21-15-8-12(9-17-18(15)26-7-3-6-25-17)11-22-19(23)14-10-13-4-1-2-5-16(13)27-20(14)24/h1-2,4-5,8-10H,3,6-7,11H2,(H,22,23). The van der Waals surface area contributed by atoms with Crippen molar-refractivity contribution >= 4 is 28.5 Å². The largest absolute Gasteiger partial charge is 0.489 e. The van der Waals surface area contributed by atoms with Crippen LogP contribution in [0.1, 0.15) is 22.3 Å². The van der Waals surface area contributed by atoms with Gasteiger partial charge in [-0.2, -0.15) is 0 Å². The van der Waals surface area contributed by atoms with E-state index in [4.69, 9.17) is 25.5 Å². The third kappa shape index (κ3) is 3.61. The predicted molar refractivity (Wildman–Crippen MR) is 101 cm³/mol. The summed E-state index contributed by atoms with van der Waals surface area (Å²) in [7, 11) is 0. The Kier molecular flexibility index (Phi) is 4.73. The van der Waals surface area contributed by atoms with Crippen LogP contribution >= 0.6 is 11.6 Å². The van der Waals surface area contributed by atoms with Crippen molar-refractivity contribution in [3.63, 3.8) is 0 Å². The third-order valence-electron chi connectivity index (χ3n) is 4.20. The molecule has 0 aliphatic carbocycles. The molecule has 0 fully saturated rings. The highest BCUT2D eigenvalue weighted by atomic mass is 35.5. The topological polar surface area (TPSA) is 77.8 Å². The Hall–Kier alpha value is -2.99. The molecule has 1 N–H and O–H groups in total. The minimum Gasteiger partial charge on any atom is -0.489 e. The molecular weight excluding hydrogens is 370 g/mol. The Morgan fingerprint density at radius 1 is 1.11 bits per heavy atom. The fourth-order valence-corrected chi connectivity index (χ4v) is 3.17. The average molecular weight is 386 g/mol. The van der Waals surface area contributed by atoms with Gasteiger partial charge < -0.3 is 19.2 Å². The zero-order valence-corrected chi connectivity index (χ0v) is 15.0. The van der Waals surface area contributed by atoms with Gasteiger partial charge >= 0.3 is 5.63 Å². The van der Waals surface area contributed by atoms with Crippen LogP contribution in [0.3, 0.4) is 0 Å². The molecule has 0 unspecified atom stereocenters. The molecule has 1 aliphatic rings. The van der Waals surface area contributed by atoms with E-state index in [1.54, 1.807) is 30.3 Å². The Morgan fingerprint density at radius 3 is 2.81 bits per heavy atom. The van der Waals surface area contributed by atoms with Gasteiger partial charge in [-0.05, 0) is 29.8 Å². The molecule has 2 heterocycles. The van der Waals surface area contributed by atoms with Gasteiger partial charge in [0.05, 0.1) is 18.2 Å². The molecule has 3 aromatic rings. The van der Waals surface area contributed by atoms with Crippen molar-refractivity contribution in [2.45, 2.75) is 13.0 Å². The summed E-state index contributed by atoms with van der Waals surface area (Å²) in [4.78, 5) is 24.5. The molecule has 1 aliphatic heterocycles. The Bertz CT molecular complexity index is 1080. The van der Waals surface area contributed by atoms with Crippen LogP contribution < -0.4 is 20.4 Å². The highest BCUT2D eigenvalue weighted by molar-refractivity contribution is 6.32. The van der Waals surface area contributed by atoms with Gasteiger partial charge in [0.1, 0.15) is 11.1 Å². The number of hydrogen-bond acceptors (Lipinski definition) is 5. The fraction of sp³-hybridized carbons (Fsp3) is 0.200. The summed E-state index contributed by atoms with van der Waals surface area (Å²) >= 11 is 6.26. The van der Waals surface area contributed by atoms with Crippen LogP contribution in [0, 0.1) is 0 Å². The monoisotopic (exact) mass is 385 g/mol. The molecule has 0 saturated heterocycles. The lowest BCUT2D eigenvalue weighted by Gasteiger charge is -2.12. The zero-order chi connectivity index (χ0) is 18.8. The highest BCUT2D eigenvalue weighted by Crippen LogP contribution is 2.37. The molecule has 7 heteroatoms. The Labute approximate surface area is 159 Å². The second-order valence-corrected chi connectivity index (χ2v) is 6.53. The first-order valence-corrected chi connectivity index (χ1v) is 8.89. The summed E-state index contributed by atoms with van der Waals surface area (Å²) in [5.74, 6) is 0.548. The molecular formula is C20H16ClNO5. The summed E-state index contributed by atoms with van der Waals surface area (Å²) in [5, 5.41) is 3.82. The number of nitrogens with one attached hydrogen (secondary N) is 1. The Morgan fingerprint density at radius 2 is 1.93 bits per heavy atom. The van der Waals surface area contributed by atoms with E-state index in [0.29, 0.717) is 40.7 Å². The second-order valence-electron chi connectivity index (χ2n) is 6.12. The molecule has 0 atom stereocenters. The number of rotatable bonds is 3. The number of fused-ring (bicyclic) bond motifs is 2. The van der Waals surface area contributed by atoms with E-state index >= 15 is 0 Å². The van der Waals surface area contributed by atoms with Crippen molar-refractivity contribution in [3.8, 4) is 11.5 Å². The normalized spacial score (nSPS) is 13.2. The number of amides is 1. The van der Waals surface area contributed by atoms with Gasteiger partial charge in [0.15, 0.2) is 11.5 Å². The van der Waals surface area contributed by atoms with E-state index in [0.717, 1.165) is 12.0 Å².